The van der Waals surface area contributed by atoms with Gasteiger partial charge in [-0.15, -0.1) is 0 Å². The van der Waals surface area contributed by atoms with Crippen LogP contribution in [-0.4, -0.2) is 48.7 Å². The molecule has 0 N–H and O–H groups in total. The van der Waals surface area contributed by atoms with Gasteiger partial charge in [-0.25, -0.2) is 14.8 Å². The van der Waals surface area contributed by atoms with Gasteiger partial charge in [0.2, 0.25) is 5.95 Å². The lowest BCUT2D eigenvalue weighted by Gasteiger charge is -2.16. The van der Waals surface area contributed by atoms with E-state index in [9.17, 15) is 9.59 Å². The smallest absolute Gasteiger partial charge is 0.341 e. The molecule has 1 aromatic heterocycles. The summed E-state index contributed by atoms with van der Waals surface area (Å²) in [5.74, 6) is -0.261. The highest BCUT2D eigenvalue weighted by atomic mass is 16.5. The number of methoxy groups -OCH3 is 1. The van der Waals surface area contributed by atoms with Gasteiger partial charge in [-0.2, -0.15) is 0 Å². The number of aromatic nitrogens is 2. The number of aryl methyl sites for hydroxylation is 1. The number of nitrogens with zero attached hydrogens (tertiary/aromatic N) is 3. The Hall–Kier alpha value is -2.18. The summed E-state index contributed by atoms with van der Waals surface area (Å²) in [5, 5.41) is 0. The van der Waals surface area contributed by atoms with E-state index in [-0.39, 0.29) is 11.9 Å². The molecular weight excluding hydrogens is 274 g/mol. The van der Waals surface area contributed by atoms with Crippen molar-refractivity contribution in [2.75, 3.05) is 31.7 Å². The Kier molecular flexibility index (Phi) is 4.72. The SMILES string of the molecule is CCOC(=O)c1cnc(N2CCC(C(=O)OC)C2)nc1C. The monoisotopic (exact) mass is 293 g/mol. The number of ether oxygens (including phenoxy) is 2. The first-order valence-electron chi connectivity index (χ1n) is 6.90. The molecule has 0 amide bonds. The Morgan fingerprint density at radius 2 is 2.24 bits per heavy atom. The van der Waals surface area contributed by atoms with Crippen molar-refractivity contribution in [2.24, 2.45) is 5.92 Å². The summed E-state index contributed by atoms with van der Waals surface area (Å²) in [4.78, 5) is 33.7. The summed E-state index contributed by atoms with van der Waals surface area (Å²) in [7, 11) is 1.39. The summed E-state index contributed by atoms with van der Waals surface area (Å²) in [5.41, 5.74) is 0.935. The van der Waals surface area contributed by atoms with Gasteiger partial charge >= 0.3 is 11.9 Å². The van der Waals surface area contributed by atoms with Crippen LogP contribution in [0.2, 0.25) is 0 Å². The standard InChI is InChI=1S/C14H19N3O4/c1-4-21-13(19)11-7-15-14(16-9(11)2)17-6-5-10(8-17)12(18)20-3/h7,10H,4-6,8H2,1-3H3. The van der Waals surface area contributed by atoms with Gasteiger partial charge in [0.15, 0.2) is 0 Å². The van der Waals surface area contributed by atoms with E-state index in [4.69, 9.17) is 9.47 Å². The lowest BCUT2D eigenvalue weighted by Crippen LogP contribution is -2.25. The van der Waals surface area contributed by atoms with Gasteiger partial charge < -0.3 is 14.4 Å². The second kappa shape index (κ2) is 6.51. The van der Waals surface area contributed by atoms with E-state index in [1.807, 2.05) is 4.90 Å². The largest absolute Gasteiger partial charge is 0.469 e. The Balaban J connectivity index is 2.11. The summed E-state index contributed by atoms with van der Waals surface area (Å²) in [6, 6.07) is 0. The zero-order valence-electron chi connectivity index (χ0n) is 12.5. The zero-order chi connectivity index (χ0) is 15.4. The Bertz CT molecular complexity index is 547. The number of carbonyl (C=O) groups excluding carboxylic acids is 2. The zero-order valence-corrected chi connectivity index (χ0v) is 12.5. The summed E-state index contributed by atoms with van der Waals surface area (Å²) < 4.78 is 9.70. The molecular formula is C14H19N3O4. The van der Waals surface area contributed by atoms with E-state index in [2.05, 4.69) is 9.97 Å². The van der Waals surface area contributed by atoms with Gasteiger partial charge in [0.05, 0.1) is 30.9 Å². The van der Waals surface area contributed by atoms with Crippen LogP contribution in [0, 0.1) is 12.8 Å². The molecule has 1 atom stereocenters. The van der Waals surface area contributed by atoms with E-state index < -0.39 is 5.97 Å². The maximum atomic E-state index is 11.7. The molecule has 2 heterocycles. The molecule has 1 unspecified atom stereocenters. The molecule has 1 aliphatic heterocycles. The molecule has 0 radical (unpaired) electrons. The van der Waals surface area contributed by atoms with E-state index in [1.165, 1.54) is 13.3 Å². The maximum Gasteiger partial charge on any atom is 0.341 e. The van der Waals surface area contributed by atoms with Crippen LogP contribution in [0.1, 0.15) is 29.4 Å². The third-order valence-corrected chi connectivity index (χ3v) is 3.47. The first-order chi connectivity index (χ1) is 10.1. The molecule has 7 heteroatoms. The topological polar surface area (TPSA) is 81.6 Å². The van der Waals surface area contributed by atoms with E-state index >= 15 is 0 Å². The van der Waals surface area contributed by atoms with Crippen molar-refractivity contribution in [2.45, 2.75) is 20.3 Å². The number of hydrogen-bond donors (Lipinski definition) is 0. The molecule has 0 spiro atoms. The second-order valence-electron chi connectivity index (χ2n) is 4.84. The van der Waals surface area contributed by atoms with Crippen molar-refractivity contribution in [1.82, 2.24) is 9.97 Å². The van der Waals surface area contributed by atoms with Crippen LogP contribution < -0.4 is 4.90 Å². The quantitative estimate of drug-likeness (QED) is 0.765. The molecule has 0 bridgehead atoms. The minimum atomic E-state index is -0.421. The van der Waals surface area contributed by atoms with E-state index in [0.29, 0.717) is 43.3 Å². The van der Waals surface area contributed by atoms with Crippen LogP contribution >= 0.6 is 0 Å². The molecule has 2 rings (SSSR count). The van der Waals surface area contributed by atoms with Gasteiger partial charge in [0, 0.05) is 19.3 Å². The highest BCUT2D eigenvalue weighted by molar-refractivity contribution is 5.90. The summed E-state index contributed by atoms with van der Waals surface area (Å²) >= 11 is 0. The minimum Gasteiger partial charge on any atom is -0.469 e. The van der Waals surface area contributed by atoms with E-state index in [1.54, 1.807) is 13.8 Å². The summed E-state index contributed by atoms with van der Waals surface area (Å²) in [6.07, 6.45) is 2.19. The molecule has 1 fully saturated rings. The third kappa shape index (κ3) is 3.29. The molecule has 1 aliphatic rings. The van der Waals surface area contributed by atoms with Gasteiger partial charge in [-0.05, 0) is 20.3 Å². The van der Waals surface area contributed by atoms with Crippen molar-refractivity contribution >= 4 is 17.9 Å². The fraction of sp³-hybridized carbons (Fsp3) is 0.571. The van der Waals surface area contributed by atoms with Crippen molar-refractivity contribution in [1.29, 1.82) is 0 Å². The molecule has 0 aromatic carbocycles. The number of esters is 2. The van der Waals surface area contributed by atoms with Gasteiger partial charge in [0.25, 0.3) is 0 Å². The Morgan fingerprint density at radius 3 is 2.86 bits per heavy atom. The average Bonchev–Trinajstić information content (AvgIpc) is 2.96. The predicted molar refractivity (Wildman–Crippen MR) is 75.1 cm³/mol. The molecule has 0 aliphatic carbocycles. The van der Waals surface area contributed by atoms with Crippen LogP contribution in [0.4, 0.5) is 5.95 Å². The molecule has 21 heavy (non-hydrogen) atoms. The second-order valence-corrected chi connectivity index (χ2v) is 4.84. The van der Waals surface area contributed by atoms with Crippen molar-refractivity contribution in [3.63, 3.8) is 0 Å². The summed E-state index contributed by atoms with van der Waals surface area (Å²) in [6.45, 7) is 5.03. The first kappa shape index (κ1) is 15.2. The number of carbonyl (C=O) groups is 2. The third-order valence-electron chi connectivity index (χ3n) is 3.47. The van der Waals surface area contributed by atoms with Crippen LogP contribution in [0.3, 0.4) is 0 Å². The molecule has 114 valence electrons. The normalized spacial score (nSPS) is 17.7. The maximum absolute atomic E-state index is 11.7. The highest BCUT2D eigenvalue weighted by Gasteiger charge is 2.30. The predicted octanol–water partition coefficient (Wildman–Crippen LogP) is 0.961. The molecule has 1 saturated heterocycles. The fourth-order valence-corrected chi connectivity index (χ4v) is 2.32. The molecule has 1 aromatic rings. The number of rotatable bonds is 4. The molecule has 0 saturated carbocycles. The van der Waals surface area contributed by atoms with Crippen LogP contribution in [0.15, 0.2) is 6.20 Å². The van der Waals surface area contributed by atoms with Gasteiger partial charge in [0.1, 0.15) is 0 Å². The Labute approximate surface area is 123 Å². The van der Waals surface area contributed by atoms with Crippen molar-refractivity contribution < 1.29 is 19.1 Å². The van der Waals surface area contributed by atoms with Crippen molar-refractivity contribution in [3.8, 4) is 0 Å². The highest BCUT2D eigenvalue weighted by Crippen LogP contribution is 2.22. The van der Waals surface area contributed by atoms with E-state index in [0.717, 1.165) is 0 Å². The number of anilines is 1. The fourth-order valence-electron chi connectivity index (χ4n) is 2.32. The number of hydrogen-bond acceptors (Lipinski definition) is 7. The van der Waals surface area contributed by atoms with Crippen LogP contribution in [-0.2, 0) is 14.3 Å². The minimum absolute atomic E-state index is 0.149. The first-order valence-corrected chi connectivity index (χ1v) is 6.90. The van der Waals surface area contributed by atoms with Gasteiger partial charge in [-0.3, -0.25) is 4.79 Å². The van der Waals surface area contributed by atoms with Crippen LogP contribution in [0.5, 0.6) is 0 Å². The van der Waals surface area contributed by atoms with Crippen molar-refractivity contribution in [3.05, 3.63) is 17.5 Å². The average molecular weight is 293 g/mol. The molecule has 7 nitrogen and oxygen atoms in total. The lowest BCUT2D eigenvalue weighted by molar-refractivity contribution is -0.144. The lowest BCUT2D eigenvalue weighted by atomic mass is 10.1. The Morgan fingerprint density at radius 1 is 1.48 bits per heavy atom. The van der Waals surface area contributed by atoms with Crippen LogP contribution in [0.25, 0.3) is 0 Å². The van der Waals surface area contributed by atoms with Gasteiger partial charge in [-0.1, -0.05) is 0 Å².